The minimum atomic E-state index is 0.166. The van der Waals surface area contributed by atoms with Gasteiger partial charge in [-0.05, 0) is 17.5 Å². The number of nitrogens with one attached hydrogen (secondary N) is 2. The summed E-state index contributed by atoms with van der Waals surface area (Å²) < 4.78 is 0. The quantitative estimate of drug-likeness (QED) is 0.838. The minimum Gasteiger partial charge on any atom is -0.384 e. The topological polar surface area (TPSA) is 41.1 Å². The molecular formula is C15H22N2O. The third-order valence-electron chi connectivity index (χ3n) is 3.72. The lowest BCUT2D eigenvalue weighted by Gasteiger charge is -2.13. The number of amides is 1. The molecule has 3 nitrogen and oxygen atoms in total. The minimum absolute atomic E-state index is 0.166. The number of para-hydroxylation sites is 1. The standard InChI is InChI=1S/C15H22N2O/c1-3-11(2)9-17-15(18)8-12-10-16-14-7-5-4-6-13(12)14/h4-7,11-12,16H,3,8-10H2,1-2H3,(H,17,18). The summed E-state index contributed by atoms with van der Waals surface area (Å²) in [6.07, 6.45) is 1.69. The first-order chi connectivity index (χ1) is 8.70. The lowest BCUT2D eigenvalue weighted by atomic mass is 9.97. The van der Waals surface area contributed by atoms with Crippen molar-refractivity contribution < 1.29 is 4.79 Å². The maximum Gasteiger partial charge on any atom is 0.220 e. The average Bonchev–Trinajstić information content (AvgIpc) is 2.79. The first-order valence-electron chi connectivity index (χ1n) is 6.80. The molecule has 1 aliphatic heterocycles. The van der Waals surface area contributed by atoms with Crippen LogP contribution in [0.25, 0.3) is 0 Å². The van der Waals surface area contributed by atoms with Gasteiger partial charge in [0.1, 0.15) is 0 Å². The number of anilines is 1. The highest BCUT2D eigenvalue weighted by atomic mass is 16.1. The zero-order chi connectivity index (χ0) is 13.0. The van der Waals surface area contributed by atoms with Crippen LogP contribution in [-0.2, 0) is 4.79 Å². The van der Waals surface area contributed by atoms with Crippen LogP contribution in [0.1, 0.15) is 38.2 Å². The fraction of sp³-hybridized carbons (Fsp3) is 0.533. The van der Waals surface area contributed by atoms with Crippen molar-refractivity contribution >= 4 is 11.6 Å². The fourth-order valence-electron chi connectivity index (χ4n) is 2.27. The molecule has 3 heteroatoms. The zero-order valence-electron chi connectivity index (χ0n) is 11.2. The van der Waals surface area contributed by atoms with Gasteiger partial charge < -0.3 is 10.6 Å². The van der Waals surface area contributed by atoms with Crippen molar-refractivity contribution in [3.63, 3.8) is 0 Å². The van der Waals surface area contributed by atoms with Crippen molar-refractivity contribution in [3.05, 3.63) is 29.8 Å². The molecule has 1 heterocycles. The molecule has 2 unspecified atom stereocenters. The van der Waals surface area contributed by atoms with E-state index in [0.29, 0.717) is 18.3 Å². The van der Waals surface area contributed by atoms with Gasteiger partial charge in [0, 0.05) is 31.1 Å². The predicted molar refractivity (Wildman–Crippen MR) is 74.8 cm³/mol. The lowest BCUT2D eigenvalue weighted by Crippen LogP contribution is -2.29. The monoisotopic (exact) mass is 246 g/mol. The Balaban J connectivity index is 1.86. The second-order valence-electron chi connectivity index (χ2n) is 5.19. The summed E-state index contributed by atoms with van der Waals surface area (Å²) in [5.41, 5.74) is 2.45. The molecule has 2 atom stereocenters. The Morgan fingerprint density at radius 1 is 1.50 bits per heavy atom. The van der Waals surface area contributed by atoms with Crippen LogP contribution in [0.2, 0.25) is 0 Å². The Hall–Kier alpha value is -1.51. The van der Waals surface area contributed by atoms with Crippen molar-refractivity contribution in [2.45, 2.75) is 32.6 Å². The van der Waals surface area contributed by atoms with Crippen molar-refractivity contribution in [2.75, 3.05) is 18.4 Å². The summed E-state index contributed by atoms with van der Waals surface area (Å²) in [5.74, 6) is 1.04. The molecule has 0 fully saturated rings. The van der Waals surface area contributed by atoms with E-state index in [-0.39, 0.29) is 5.91 Å². The van der Waals surface area contributed by atoms with Gasteiger partial charge in [-0.15, -0.1) is 0 Å². The van der Waals surface area contributed by atoms with E-state index in [1.165, 1.54) is 11.3 Å². The van der Waals surface area contributed by atoms with Gasteiger partial charge in [0.25, 0.3) is 0 Å². The summed E-state index contributed by atoms with van der Waals surface area (Å²) in [6.45, 7) is 5.97. The lowest BCUT2D eigenvalue weighted by molar-refractivity contribution is -0.121. The van der Waals surface area contributed by atoms with Crippen LogP contribution in [-0.4, -0.2) is 19.0 Å². The molecule has 18 heavy (non-hydrogen) atoms. The van der Waals surface area contributed by atoms with Crippen LogP contribution >= 0.6 is 0 Å². The van der Waals surface area contributed by atoms with Crippen LogP contribution in [0.3, 0.4) is 0 Å². The van der Waals surface area contributed by atoms with Gasteiger partial charge in [-0.3, -0.25) is 4.79 Å². The maximum absolute atomic E-state index is 11.9. The van der Waals surface area contributed by atoms with Crippen LogP contribution in [0.15, 0.2) is 24.3 Å². The average molecular weight is 246 g/mol. The Bertz CT molecular complexity index is 417. The first kappa shape index (κ1) is 12.9. The van der Waals surface area contributed by atoms with Gasteiger partial charge in [-0.2, -0.15) is 0 Å². The second kappa shape index (κ2) is 5.89. The van der Waals surface area contributed by atoms with Gasteiger partial charge in [-0.25, -0.2) is 0 Å². The van der Waals surface area contributed by atoms with Crippen LogP contribution in [0, 0.1) is 5.92 Å². The molecular weight excluding hydrogens is 224 g/mol. The SMILES string of the molecule is CCC(C)CNC(=O)CC1CNc2ccccc21. The highest BCUT2D eigenvalue weighted by Crippen LogP contribution is 2.32. The summed E-state index contributed by atoms with van der Waals surface area (Å²) in [4.78, 5) is 11.9. The van der Waals surface area contributed by atoms with E-state index in [4.69, 9.17) is 0 Å². The van der Waals surface area contributed by atoms with E-state index in [2.05, 4.69) is 36.6 Å². The van der Waals surface area contributed by atoms with Gasteiger partial charge in [-0.1, -0.05) is 38.5 Å². The number of benzene rings is 1. The number of hydrogen-bond acceptors (Lipinski definition) is 2. The maximum atomic E-state index is 11.9. The summed E-state index contributed by atoms with van der Waals surface area (Å²) in [5, 5.41) is 6.38. The molecule has 0 aromatic heterocycles. The molecule has 0 saturated carbocycles. The molecule has 2 rings (SSSR count). The van der Waals surface area contributed by atoms with E-state index in [1.54, 1.807) is 0 Å². The van der Waals surface area contributed by atoms with Crippen LogP contribution < -0.4 is 10.6 Å². The van der Waals surface area contributed by atoms with E-state index >= 15 is 0 Å². The highest BCUT2D eigenvalue weighted by molar-refractivity contribution is 5.78. The Morgan fingerprint density at radius 2 is 2.28 bits per heavy atom. The number of carbonyl (C=O) groups excluding carboxylic acids is 1. The second-order valence-corrected chi connectivity index (χ2v) is 5.19. The third-order valence-corrected chi connectivity index (χ3v) is 3.72. The van der Waals surface area contributed by atoms with Crippen molar-refractivity contribution in [1.29, 1.82) is 0 Å². The molecule has 0 aliphatic carbocycles. The summed E-state index contributed by atoms with van der Waals surface area (Å²) in [7, 11) is 0. The fourth-order valence-corrected chi connectivity index (χ4v) is 2.27. The molecule has 0 spiro atoms. The molecule has 1 amide bonds. The molecule has 98 valence electrons. The van der Waals surface area contributed by atoms with Gasteiger partial charge in [0.2, 0.25) is 5.91 Å². The molecule has 2 N–H and O–H groups in total. The molecule has 0 bridgehead atoms. The van der Waals surface area contributed by atoms with E-state index in [1.807, 2.05) is 12.1 Å². The Morgan fingerprint density at radius 3 is 3.06 bits per heavy atom. The smallest absolute Gasteiger partial charge is 0.220 e. The van der Waals surface area contributed by atoms with Crippen molar-refractivity contribution in [2.24, 2.45) is 5.92 Å². The number of hydrogen-bond donors (Lipinski definition) is 2. The van der Waals surface area contributed by atoms with Crippen LogP contribution in [0.4, 0.5) is 5.69 Å². The van der Waals surface area contributed by atoms with Gasteiger partial charge in [0.05, 0.1) is 0 Å². The molecule has 1 aliphatic rings. The zero-order valence-corrected chi connectivity index (χ0v) is 11.2. The summed E-state index contributed by atoms with van der Waals surface area (Å²) >= 11 is 0. The van der Waals surface area contributed by atoms with E-state index in [9.17, 15) is 4.79 Å². The molecule has 0 radical (unpaired) electrons. The Labute approximate surface area is 109 Å². The van der Waals surface area contributed by atoms with E-state index in [0.717, 1.165) is 19.5 Å². The number of rotatable bonds is 5. The van der Waals surface area contributed by atoms with Crippen LogP contribution in [0.5, 0.6) is 0 Å². The largest absolute Gasteiger partial charge is 0.384 e. The molecule has 1 aromatic rings. The van der Waals surface area contributed by atoms with Gasteiger partial charge >= 0.3 is 0 Å². The van der Waals surface area contributed by atoms with E-state index < -0.39 is 0 Å². The Kier molecular flexibility index (Phi) is 4.24. The predicted octanol–water partition coefficient (Wildman–Crippen LogP) is 2.75. The van der Waals surface area contributed by atoms with Crippen molar-refractivity contribution in [3.8, 4) is 0 Å². The number of carbonyl (C=O) groups is 1. The van der Waals surface area contributed by atoms with Crippen molar-refractivity contribution in [1.82, 2.24) is 5.32 Å². The van der Waals surface area contributed by atoms with Gasteiger partial charge in [0.15, 0.2) is 0 Å². The first-order valence-corrected chi connectivity index (χ1v) is 6.80. The third kappa shape index (κ3) is 3.03. The highest BCUT2D eigenvalue weighted by Gasteiger charge is 2.23. The molecule has 0 saturated heterocycles. The molecule has 1 aromatic carbocycles. The number of fused-ring (bicyclic) bond motifs is 1. The summed E-state index contributed by atoms with van der Waals surface area (Å²) in [6, 6.07) is 8.25. The normalized spacial score (nSPS) is 18.9.